The highest BCUT2D eigenvalue weighted by Crippen LogP contribution is 2.01. The second-order valence-electron chi connectivity index (χ2n) is 7.73. The fraction of sp³-hybridized carbons (Fsp3) is 0.950. The summed E-state index contributed by atoms with van der Waals surface area (Å²) in [6.07, 6.45) is 4.99. The lowest BCUT2D eigenvalue weighted by Crippen LogP contribution is -2.37. The zero-order valence-corrected chi connectivity index (χ0v) is 18.9. The van der Waals surface area contributed by atoms with Crippen molar-refractivity contribution in [3.8, 4) is 0 Å². The van der Waals surface area contributed by atoms with Crippen LogP contribution in [-0.2, 0) is 9.53 Å². The van der Waals surface area contributed by atoms with Gasteiger partial charge in [0.2, 0.25) is 0 Å². The lowest BCUT2D eigenvalue weighted by atomic mass is 10.2. The number of hydrogen-bond acceptors (Lipinski definition) is 9. The third-order valence-corrected chi connectivity index (χ3v) is 4.53. The first-order valence-electron chi connectivity index (χ1n) is 11.1. The van der Waals surface area contributed by atoms with Crippen LogP contribution in [0.5, 0.6) is 0 Å². The molecule has 0 fully saturated rings. The summed E-state index contributed by atoms with van der Waals surface area (Å²) < 4.78 is 5.30. The Balaban J connectivity index is 4.38. The minimum atomic E-state index is -0.169. The molecule has 0 aliphatic heterocycles. The van der Waals surface area contributed by atoms with Crippen LogP contribution in [0.4, 0.5) is 0 Å². The molecule has 9 nitrogen and oxygen atoms in total. The maximum atomic E-state index is 12.2. The molecule has 29 heavy (non-hydrogen) atoms. The maximum Gasteiger partial charge on any atom is 0.321 e. The third-order valence-electron chi connectivity index (χ3n) is 4.53. The minimum Gasteiger partial charge on any atom is -0.449 e. The van der Waals surface area contributed by atoms with Crippen molar-refractivity contribution in [2.24, 2.45) is 17.2 Å². The number of carbonyl (C=O) groups is 1. The predicted molar refractivity (Wildman–Crippen MR) is 121 cm³/mol. The van der Waals surface area contributed by atoms with Gasteiger partial charge in [-0.3, -0.25) is 14.6 Å². The SMILES string of the molecule is CN(C)COC(=O)CN(CCCNCCCN)CCCN(CCCN)CCCN. The summed E-state index contributed by atoms with van der Waals surface area (Å²) >= 11 is 0. The van der Waals surface area contributed by atoms with E-state index >= 15 is 0 Å². The van der Waals surface area contributed by atoms with Gasteiger partial charge in [-0.05, 0) is 112 Å². The molecule has 0 aliphatic rings. The van der Waals surface area contributed by atoms with Crippen LogP contribution in [0.15, 0.2) is 0 Å². The first kappa shape index (κ1) is 28.2. The summed E-state index contributed by atoms with van der Waals surface area (Å²) in [6.45, 7) is 9.42. The number of ether oxygens (including phenoxy) is 1. The summed E-state index contributed by atoms with van der Waals surface area (Å²) in [5.41, 5.74) is 16.8. The van der Waals surface area contributed by atoms with E-state index in [4.69, 9.17) is 21.9 Å². The second-order valence-corrected chi connectivity index (χ2v) is 7.73. The lowest BCUT2D eigenvalue weighted by Gasteiger charge is -2.25. The smallest absolute Gasteiger partial charge is 0.321 e. The number of nitrogens with two attached hydrogens (primary N) is 3. The van der Waals surface area contributed by atoms with Crippen LogP contribution in [0.3, 0.4) is 0 Å². The molecule has 9 heteroatoms. The van der Waals surface area contributed by atoms with Gasteiger partial charge in [0, 0.05) is 0 Å². The molecule has 0 amide bonds. The molecule has 0 bridgehead atoms. The van der Waals surface area contributed by atoms with E-state index < -0.39 is 0 Å². The van der Waals surface area contributed by atoms with E-state index in [1.54, 1.807) is 0 Å². The zero-order valence-electron chi connectivity index (χ0n) is 18.9. The highest BCUT2D eigenvalue weighted by molar-refractivity contribution is 5.71. The maximum absolute atomic E-state index is 12.2. The summed E-state index contributed by atoms with van der Waals surface area (Å²) in [6, 6.07) is 0. The Hall–Kier alpha value is -0.810. The van der Waals surface area contributed by atoms with Crippen molar-refractivity contribution in [3.63, 3.8) is 0 Å². The Morgan fingerprint density at radius 1 is 0.759 bits per heavy atom. The average Bonchev–Trinajstić information content (AvgIpc) is 2.70. The van der Waals surface area contributed by atoms with Gasteiger partial charge in [0.05, 0.1) is 6.54 Å². The predicted octanol–water partition coefficient (Wildman–Crippen LogP) is -0.931. The Kier molecular flexibility index (Phi) is 19.9. The van der Waals surface area contributed by atoms with Crippen molar-refractivity contribution in [3.05, 3.63) is 0 Å². The quantitative estimate of drug-likeness (QED) is 0.106. The van der Waals surface area contributed by atoms with Crippen LogP contribution in [0.1, 0.15) is 32.1 Å². The largest absolute Gasteiger partial charge is 0.449 e. The summed E-state index contributed by atoms with van der Waals surface area (Å²) in [5, 5.41) is 3.39. The van der Waals surface area contributed by atoms with E-state index in [0.29, 0.717) is 32.9 Å². The highest BCUT2D eigenvalue weighted by atomic mass is 16.5. The fourth-order valence-corrected chi connectivity index (χ4v) is 2.96. The zero-order chi connectivity index (χ0) is 21.7. The van der Waals surface area contributed by atoms with Gasteiger partial charge in [-0.1, -0.05) is 0 Å². The molecule has 0 unspecified atom stereocenters. The van der Waals surface area contributed by atoms with Crippen LogP contribution >= 0.6 is 0 Å². The highest BCUT2D eigenvalue weighted by Gasteiger charge is 2.13. The number of nitrogens with zero attached hydrogens (tertiary/aromatic N) is 3. The number of esters is 1. The van der Waals surface area contributed by atoms with Crippen LogP contribution in [0, 0.1) is 0 Å². The monoisotopic (exact) mass is 417 g/mol. The van der Waals surface area contributed by atoms with Crippen molar-refractivity contribution >= 4 is 5.97 Å². The third kappa shape index (κ3) is 18.9. The first-order valence-corrected chi connectivity index (χ1v) is 11.1. The number of rotatable bonds is 21. The molecule has 0 aromatic heterocycles. The molecule has 0 atom stereocenters. The average molecular weight is 418 g/mol. The molecule has 0 heterocycles. The van der Waals surface area contributed by atoms with Gasteiger partial charge >= 0.3 is 5.97 Å². The van der Waals surface area contributed by atoms with Crippen molar-refractivity contribution in [2.45, 2.75) is 32.1 Å². The van der Waals surface area contributed by atoms with E-state index in [9.17, 15) is 4.79 Å². The molecule has 0 aromatic rings. The van der Waals surface area contributed by atoms with Crippen molar-refractivity contribution < 1.29 is 9.53 Å². The molecule has 0 saturated heterocycles. The number of hydrogen-bond donors (Lipinski definition) is 4. The Morgan fingerprint density at radius 3 is 1.86 bits per heavy atom. The Bertz CT molecular complexity index is 365. The topological polar surface area (TPSA) is 126 Å². The molecular formula is C20H47N7O2. The van der Waals surface area contributed by atoms with E-state index in [-0.39, 0.29) is 5.97 Å². The summed E-state index contributed by atoms with van der Waals surface area (Å²) in [4.78, 5) is 18.6. The van der Waals surface area contributed by atoms with Crippen molar-refractivity contribution in [1.82, 2.24) is 20.0 Å². The van der Waals surface area contributed by atoms with Crippen molar-refractivity contribution in [2.75, 3.05) is 92.8 Å². The van der Waals surface area contributed by atoms with Crippen LogP contribution in [0.2, 0.25) is 0 Å². The molecule has 0 rings (SSSR count). The van der Waals surface area contributed by atoms with E-state index in [2.05, 4.69) is 15.1 Å². The van der Waals surface area contributed by atoms with E-state index in [0.717, 1.165) is 77.9 Å². The molecule has 0 spiro atoms. The van der Waals surface area contributed by atoms with Gasteiger partial charge in [-0.25, -0.2) is 0 Å². The fourth-order valence-electron chi connectivity index (χ4n) is 2.96. The Labute approximate surface area is 178 Å². The Morgan fingerprint density at radius 2 is 1.28 bits per heavy atom. The molecule has 0 aromatic carbocycles. The standard InChI is InChI=1S/C20H47N7O2/c1-25(2)19-29-20(28)18-27(15-6-12-24-11-3-8-21)17-7-16-26(13-4-9-22)14-5-10-23/h24H,3-19,21-23H2,1-2H3. The molecule has 7 N–H and O–H groups in total. The van der Waals surface area contributed by atoms with Crippen molar-refractivity contribution in [1.29, 1.82) is 0 Å². The molecule has 0 radical (unpaired) electrons. The summed E-state index contributed by atoms with van der Waals surface area (Å²) in [7, 11) is 3.77. The van der Waals surface area contributed by atoms with Gasteiger partial charge in [0.1, 0.15) is 6.73 Å². The van der Waals surface area contributed by atoms with Crippen LogP contribution in [-0.4, -0.2) is 113 Å². The van der Waals surface area contributed by atoms with E-state index in [1.807, 2.05) is 19.0 Å². The normalized spacial score (nSPS) is 11.7. The summed E-state index contributed by atoms with van der Waals surface area (Å²) in [5.74, 6) is -0.169. The van der Waals surface area contributed by atoms with Gasteiger partial charge in [0.25, 0.3) is 0 Å². The molecule has 0 aliphatic carbocycles. The van der Waals surface area contributed by atoms with Gasteiger partial charge in [-0.2, -0.15) is 0 Å². The van der Waals surface area contributed by atoms with Gasteiger partial charge in [-0.15, -0.1) is 0 Å². The molecule has 174 valence electrons. The van der Waals surface area contributed by atoms with Gasteiger partial charge < -0.3 is 32.2 Å². The van der Waals surface area contributed by atoms with Gasteiger partial charge in [0.15, 0.2) is 0 Å². The molecule has 0 saturated carbocycles. The van der Waals surface area contributed by atoms with Crippen LogP contribution < -0.4 is 22.5 Å². The first-order chi connectivity index (χ1) is 14.0. The second kappa shape index (κ2) is 20.5. The minimum absolute atomic E-state index is 0.169. The lowest BCUT2D eigenvalue weighted by molar-refractivity contribution is -0.148. The van der Waals surface area contributed by atoms with Crippen LogP contribution in [0.25, 0.3) is 0 Å². The number of nitrogens with one attached hydrogen (secondary N) is 1. The van der Waals surface area contributed by atoms with E-state index in [1.165, 1.54) is 0 Å². The molecular weight excluding hydrogens is 370 g/mol. The number of carbonyl (C=O) groups excluding carboxylic acids is 1.